The number of pyridine rings is 1. The summed E-state index contributed by atoms with van der Waals surface area (Å²) in [4.78, 5) is 14.7. The minimum atomic E-state index is -0.529. The van der Waals surface area contributed by atoms with E-state index in [-0.39, 0.29) is 11.5 Å². The van der Waals surface area contributed by atoms with Crippen LogP contribution in [-0.4, -0.2) is 23.3 Å². The fourth-order valence-corrected chi connectivity index (χ4v) is 0.893. The number of aromatic nitrogens is 1. The first kappa shape index (κ1) is 9.92. The molecule has 0 saturated heterocycles. The minimum absolute atomic E-state index is 0.199. The van der Waals surface area contributed by atoms with Crippen molar-refractivity contribution in [1.82, 2.24) is 10.3 Å². The third-order valence-electron chi connectivity index (χ3n) is 1.35. The summed E-state index contributed by atoms with van der Waals surface area (Å²) in [6.45, 7) is 0.358. The molecule has 0 aliphatic rings. The number of rotatable bonds is 3. The minimum Gasteiger partial charge on any atom is -0.351 e. The molecule has 3 nitrogen and oxygen atoms in total. The molecule has 0 radical (unpaired) electrons. The average molecular weight is 203 g/mol. The van der Waals surface area contributed by atoms with Gasteiger partial charge in [-0.3, -0.25) is 9.78 Å². The van der Waals surface area contributed by atoms with Crippen LogP contribution in [0, 0.1) is 5.82 Å². The van der Waals surface area contributed by atoms with Crippen molar-refractivity contribution in [3.05, 3.63) is 29.8 Å². The van der Waals surface area contributed by atoms with E-state index in [1.807, 2.05) is 0 Å². The number of alkyl halides is 1. The predicted octanol–water partition coefficient (Wildman–Crippen LogP) is 1.19. The van der Waals surface area contributed by atoms with Gasteiger partial charge in [0.05, 0.1) is 11.8 Å². The zero-order chi connectivity index (χ0) is 9.68. The fourth-order valence-electron chi connectivity index (χ4n) is 0.799. The first-order valence-electron chi connectivity index (χ1n) is 3.69. The first-order valence-corrected chi connectivity index (χ1v) is 4.22. The van der Waals surface area contributed by atoms with Crippen LogP contribution in [0.3, 0.4) is 0 Å². The molecular formula is C8H8ClFN2O. The van der Waals surface area contributed by atoms with E-state index in [2.05, 4.69) is 10.3 Å². The predicted molar refractivity (Wildman–Crippen MR) is 47.2 cm³/mol. The maximum Gasteiger partial charge on any atom is 0.252 e. The summed E-state index contributed by atoms with van der Waals surface area (Å²) in [7, 11) is 0. The Kier molecular flexibility index (Phi) is 3.64. The van der Waals surface area contributed by atoms with Gasteiger partial charge in [0, 0.05) is 18.6 Å². The van der Waals surface area contributed by atoms with Crippen LogP contribution in [0.4, 0.5) is 4.39 Å². The van der Waals surface area contributed by atoms with Gasteiger partial charge in [0.1, 0.15) is 5.82 Å². The average Bonchev–Trinajstić information content (AvgIpc) is 2.14. The number of halogens is 2. The second-order valence-corrected chi connectivity index (χ2v) is 2.71. The largest absolute Gasteiger partial charge is 0.351 e. The maximum atomic E-state index is 12.6. The Labute approximate surface area is 79.9 Å². The molecule has 1 aromatic heterocycles. The molecule has 0 aliphatic carbocycles. The summed E-state index contributed by atoms with van der Waals surface area (Å²) in [5.74, 6) is -0.569. The van der Waals surface area contributed by atoms with Gasteiger partial charge in [-0.05, 0) is 6.07 Å². The molecule has 0 spiro atoms. The molecule has 0 aliphatic heterocycles. The summed E-state index contributed by atoms with van der Waals surface area (Å²) in [5.41, 5.74) is 0.199. The summed E-state index contributed by atoms with van der Waals surface area (Å²) >= 11 is 5.36. The lowest BCUT2D eigenvalue weighted by Gasteiger charge is -2.01. The molecule has 0 aromatic carbocycles. The molecule has 0 atom stereocenters. The van der Waals surface area contributed by atoms with Crippen LogP contribution < -0.4 is 5.32 Å². The Balaban J connectivity index is 2.66. The molecule has 1 N–H and O–H groups in total. The van der Waals surface area contributed by atoms with E-state index in [1.54, 1.807) is 0 Å². The Morgan fingerprint density at radius 3 is 3.00 bits per heavy atom. The van der Waals surface area contributed by atoms with Crippen molar-refractivity contribution in [2.75, 3.05) is 12.4 Å². The van der Waals surface area contributed by atoms with Crippen LogP contribution in [0.2, 0.25) is 0 Å². The van der Waals surface area contributed by atoms with Crippen molar-refractivity contribution < 1.29 is 9.18 Å². The summed E-state index contributed by atoms with van der Waals surface area (Å²) in [6.07, 6.45) is 2.34. The van der Waals surface area contributed by atoms with Gasteiger partial charge >= 0.3 is 0 Å². The highest BCUT2D eigenvalue weighted by molar-refractivity contribution is 6.18. The van der Waals surface area contributed by atoms with Crippen molar-refractivity contribution >= 4 is 17.5 Å². The third kappa shape index (κ3) is 2.99. The molecule has 70 valence electrons. The highest BCUT2D eigenvalue weighted by Gasteiger charge is 2.05. The zero-order valence-electron chi connectivity index (χ0n) is 6.76. The van der Waals surface area contributed by atoms with Crippen molar-refractivity contribution in [2.45, 2.75) is 0 Å². The quantitative estimate of drug-likeness (QED) is 0.749. The molecule has 0 unspecified atom stereocenters. The van der Waals surface area contributed by atoms with Gasteiger partial charge in [0.15, 0.2) is 0 Å². The Morgan fingerprint density at radius 2 is 2.38 bits per heavy atom. The van der Waals surface area contributed by atoms with E-state index in [9.17, 15) is 9.18 Å². The molecule has 13 heavy (non-hydrogen) atoms. The van der Waals surface area contributed by atoms with Crippen LogP contribution in [0.15, 0.2) is 18.5 Å². The van der Waals surface area contributed by atoms with Gasteiger partial charge in [0.25, 0.3) is 5.91 Å². The number of carbonyl (C=O) groups excluding carboxylic acids is 1. The Bertz CT molecular complexity index is 306. The third-order valence-corrected chi connectivity index (χ3v) is 1.54. The normalized spacial score (nSPS) is 9.69. The zero-order valence-corrected chi connectivity index (χ0v) is 7.51. The molecular weight excluding hydrogens is 195 g/mol. The highest BCUT2D eigenvalue weighted by atomic mass is 35.5. The smallest absolute Gasteiger partial charge is 0.252 e. The molecule has 1 amide bonds. The van der Waals surface area contributed by atoms with Crippen molar-refractivity contribution in [3.63, 3.8) is 0 Å². The molecule has 1 aromatic rings. The molecule has 0 bridgehead atoms. The van der Waals surface area contributed by atoms with Crippen molar-refractivity contribution in [3.8, 4) is 0 Å². The summed E-state index contributed by atoms with van der Waals surface area (Å²) in [5, 5.41) is 2.50. The van der Waals surface area contributed by atoms with Crippen LogP contribution in [0.1, 0.15) is 10.4 Å². The van der Waals surface area contributed by atoms with E-state index in [1.165, 1.54) is 6.20 Å². The Morgan fingerprint density at radius 1 is 1.62 bits per heavy atom. The van der Waals surface area contributed by atoms with Crippen LogP contribution in [0.25, 0.3) is 0 Å². The van der Waals surface area contributed by atoms with Gasteiger partial charge < -0.3 is 5.32 Å². The highest BCUT2D eigenvalue weighted by Crippen LogP contribution is 1.99. The first-order chi connectivity index (χ1) is 6.24. The standard InChI is InChI=1S/C8H8ClFN2O/c9-1-2-12-8(13)6-3-7(10)5-11-4-6/h3-5H,1-2H2,(H,12,13). The van der Waals surface area contributed by atoms with Gasteiger partial charge in [-0.2, -0.15) is 0 Å². The number of hydrogen-bond acceptors (Lipinski definition) is 2. The number of nitrogens with one attached hydrogen (secondary N) is 1. The lowest BCUT2D eigenvalue weighted by atomic mass is 10.2. The molecule has 0 fully saturated rings. The number of nitrogens with zero attached hydrogens (tertiary/aromatic N) is 1. The van der Waals surface area contributed by atoms with E-state index in [0.29, 0.717) is 12.4 Å². The van der Waals surface area contributed by atoms with E-state index in [0.717, 1.165) is 12.3 Å². The van der Waals surface area contributed by atoms with E-state index >= 15 is 0 Å². The topological polar surface area (TPSA) is 42.0 Å². The van der Waals surface area contributed by atoms with Gasteiger partial charge in [-0.25, -0.2) is 4.39 Å². The monoisotopic (exact) mass is 202 g/mol. The van der Waals surface area contributed by atoms with Crippen LogP contribution in [0.5, 0.6) is 0 Å². The fraction of sp³-hybridized carbons (Fsp3) is 0.250. The van der Waals surface area contributed by atoms with Gasteiger partial charge in [-0.15, -0.1) is 11.6 Å². The molecule has 1 rings (SSSR count). The van der Waals surface area contributed by atoms with Crippen molar-refractivity contribution in [2.24, 2.45) is 0 Å². The van der Waals surface area contributed by atoms with E-state index in [4.69, 9.17) is 11.6 Å². The number of amides is 1. The molecule has 1 heterocycles. The second-order valence-electron chi connectivity index (χ2n) is 2.34. The maximum absolute atomic E-state index is 12.6. The summed E-state index contributed by atoms with van der Waals surface area (Å²) < 4.78 is 12.6. The lowest BCUT2D eigenvalue weighted by Crippen LogP contribution is -2.25. The molecule has 5 heteroatoms. The number of hydrogen-bond donors (Lipinski definition) is 1. The van der Waals surface area contributed by atoms with E-state index < -0.39 is 5.82 Å². The molecule has 0 saturated carbocycles. The Hall–Kier alpha value is -1.16. The lowest BCUT2D eigenvalue weighted by molar-refractivity contribution is 0.0955. The second kappa shape index (κ2) is 4.77. The van der Waals surface area contributed by atoms with Gasteiger partial charge in [-0.1, -0.05) is 0 Å². The SMILES string of the molecule is O=C(NCCCl)c1cncc(F)c1. The van der Waals surface area contributed by atoms with Crippen molar-refractivity contribution in [1.29, 1.82) is 0 Å². The van der Waals surface area contributed by atoms with Crippen LogP contribution >= 0.6 is 11.6 Å². The van der Waals surface area contributed by atoms with Crippen LogP contribution in [-0.2, 0) is 0 Å². The number of carbonyl (C=O) groups is 1. The summed E-state index contributed by atoms with van der Waals surface area (Å²) in [6, 6.07) is 1.12. The van der Waals surface area contributed by atoms with Gasteiger partial charge in [0.2, 0.25) is 0 Å².